The van der Waals surface area contributed by atoms with Gasteiger partial charge in [0, 0.05) is 23.7 Å². The highest BCUT2D eigenvalue weighted by atomic mass is 16.5. The first-order valence-electron chi connectivity index (χ1n) is 14.3. The number of carbonyl (C=O) groups excluding carboxylic acids is 1. The number of ketones is 1. The van der Waals surface area contributed by atoms with Crippen LogP contribution in [0.15, 0.2) is 0 Å². The number of hydrogen-bond acceptors (Lipinski definition) is 5. The highest BCUT2D eigenvalue weighted by Crippen LogP contribution is 2.89. The van der Waals surface area contributed by atoms with Gasteiger partial charge in [0.05, 0.1) is 29.5 Å². The topological polar surface area (TPSA) is 87.0 Å². The van der Waals surface area contributed by atoms with E-state index in [1.165, 1.54) is 0 Å². The summed E-state index contributed by atoms with van der Waals surface area (Å²) in [4.78, 5) is 12.9. The first-order chi connectivity index (χ1) is 16.0. The molecule has 5 heteroatoms. The molecule has 5 saturated carbocycles. The molecule has 5 aliphatic carbocycles. The Hall–Kier alpha value is -0.490. The fourth-order valence-corrected chi connectivity index (χ4v) is 12.0. The Morgan fingerprint density at radius 1 is 0.886 bits per heavy atom. The third-order valence-corrected chi connectivity index (χ3v) is 13.5. The van der Waals surface area contributed by atoms with Gasteiger partial charge in [-0.3, -0.25) is 4.79 Å². The zero-order valence-corrected chi connectivity index (χ0v) is 23.0. The van der Waals surface area contributed by atoms with Crippen LogP contribution in [0.5, 0.6) is 0 Å². The van der Waals surface area contributed by atoms with E-state index < -0.39 is 28.8 Å². The fourth-order valence-electron chi connectivity index (χ4n) is 12.0. The van der Waals surface area contributed by atoms with Crippen LogP contribution in [0.2, 0.25) is 0 Å². The predicted molar refractivity (Wildman–Crippen MR) is 133 cm³/mol. The van der Waals surface area contributed by atoms with Crippen molar-refractivity contribution in [3.8, 4) is 0 Å². The van der Waals surface area contributed by atoms with Crippen LogP contribution in [0.25, 0.3) is 0 Å². The van der Waals surface area contributed by atoms with E-state index in [2.05, 4.69) is 34.6 Å². The van der Waals surface area contributed by atoms with Gasteiger partial charge in [0.25, 0.3) is 0 Å². The molecule has 5 nitrogen and oxygen atoms in total. The molecule has 0 radical (unpaired) electrons. The number of Topliss-reactive ketones (excluding diaryl/α,β-unsaturated/α-hetero) is 1. The van der Waals surface area contributed by atoms with Gasteiger partial charge in [-0.05, 0) is 99.7 Å². The minimum Gasteiger partial charge on any atom is -0.393 e. The molecule has 11 atom stereocenters. The number of ether oxygens (including phenoxy) is 1. The average molecular weight is 489 g/mol. The molecule has 6 rings (SSSR count). The molecule has 0 aromatic carbocycles. The minimum atomic E-state index is -0.893. The number of aliphatic hydroxyl groups excluding tert-OH is 2. The molecular formula is C30H48O5. The van der Waals surface area contributed by atoms with E-state index in [9.17, 15) is 20.1 Å². The maximum Gasteiger partial charge on any atom is 0.138 e. The van der Waals surface area contributed by atoms with Crippen LogP contribution in [0.4, 0.5) is 0 Å². The third-order valence-electron chi connectivity index (χ3n) is 13.5. The summed E-state index contributed by atoms with van der Waals surface area (Å²) in [5.41, 5.74) is -1.71. The number of fused-ring (bicyclic) bond motifs is 2. The lowest BCUT2D eigenvalue weighted by atomic mass is 9.41. The van der Waals surface area contributed by atoms with Crippen LogP contribution < -0.4 is 0 Å². The maximum atomic E-state index is 12.9. The fraction of sp³-hybridized carbons (Fsp3) is 0.967. The Balaban J connectivity index is 1.37. The summed E-state index contributed by atoms with van der Waals surface area (Å²) >= 11 is 0. The summed E-state index contributed by atoms with van der Waals surface area (Å²) in [5.74, 6) is 0.756. The highest BCUT2D eigenvalue weighted by Gasteiger charge is 2.84. The monoisotopic (exact) mass is 488 g/mol. The molecule has 198 valence electrons. The quantitative estimate of drug-likeness (QED) is 0.527. The lowest BCUT2D eigenvalue weighted by molar-refractivity contribution is -0.203. The Labute approximate surface area is 211 Å². The average Bonchev–Trinajstić information content (AvgIpc) is 3.08. The van der Waals surface area contributed by atoms with Crippen molar-refractivity contribution in [2.45, 2.75) is 136 Å². The third kappa shape index (κ3) is 2.72. The van der Waals surface area contributed by atoms with E-state index in [0.29, 0.717) is 18.1 Å². The molecule has 0 amide bonds. The van der Waals surface area contributed by atoms with Gasteiger partial charge in [-0.2, -0.15) is 0 Å². The first kappa shape index (κ1) is 24.8. The van der Waals surface area contributed by atoms with Gasteiger partial charge < -0.3 is 20.1 Å². The first-order valence-corrected chi connectivity index (χ1v) is 14.3. The van der Waals surface area contributed by atoms with Gasteiger partial charge in [0.15, 0.2) is 0 Å². The Kier molecular flexibility index (Phi) is 4.78. The summed E-state index contributed by atoms with van der Waals surface area (Å²) in [6.07, 6.45) is 6.97. The van der Waals surface area contributed by atoms with Crippen molar-refractivity contribution >= 4 is 5.78 Å². The van der Waals surface area contributed by atoms with Crippen molar-refractivity contribution in [2.24, 2.45) is 44.8 Å². The van der Waals surface area contributed by atoms with Crippen LogP contribution >= 0.6 is 0 Å². The summed E-state index contributed by atoms with van der Waals surface area (Å²) in [5, 5.41) is 34.0. The van der Waals surface area contributed by atoms with Gasteiger partial charge in [0.1, 0.15) is 5.78 Å². The second kappa shape index (κ2) is 6.74. The molecule has 3 unspecified atom stereocenters. The Morgan fingerprint density at radius 2 is 1.57 bits per heavy atom. The van der Waals surface area contributed by atoms with Crippen LogP contribution in [-0.4, -0.2) is 50.6 Å². The van der Waals surface area contributed by atoms with Crippen LogP contribution in [0, 0.1) is 44.8 Å². The second-order valence-corrected chi connectivity index (χ2v) is 15.7. The van der Waals surface area contributed by atoms with E-state index in [-0.39, 0.29) is 39.6 Å². The van der Waals surface area contributed by atoms with Crippen LogP contribution in [0.3, 0.4) is 0 Å². The number of aliphatic hydroxyl groups is 3. The zero-order valence-electron chi connectivity index (χ0n) is 23.0. The van der Waals surface area contributed by atoms with E-state index in [4.69, 9.17) is 4.74 Å². The lowest BCUT2D eigenvalue weighted by Gasteiger charge is -2.63. The number of carbonyl (C=O) groups is 1. The van der Waals surface area contributed by atoms with E-state index >= 15 is 0 Å². The second-order valence-electron chi connectivity index (χ2n) is 15.7. The smallest absolute Gasteiger partial charge is 0.138 e. The molecule has 0 bridgehead atoms. The van der Waals surface area contributed by atoms with Crippen molar-refractivity contribution < 1.29 is 24.9 Å². The van der Waals surface area contributed by atoms with Gasteiger partial charge in [0.2, 0.25) is 0 Å². The molecule has 0 aromatic rings. The summed E-state index contributed by atoms with van der Waals surface area (Å²) in [6.45, 7) is 14.8. The van der Waals surface area contributed by atoms with E-state index in [1.54, 1.807) is 0 Å². The highest BCUT2D eigenvalue weighted by molar-refractivity contribution is 5.86. The molecule has 3 N–H and O–H groups in total. The van der Waals surface area contributed by atoms with Crippen molar-refractivity contribution in [2.75, 3.05) is 0 Å². The molecule has 1 heterocycles. The van der Waals surface area contributed by atoms with Gasteiger partial charge in [-0.1, -0.05) is 27.7 Å². The Bertz CT molecular complexity index is 953. The maximum absolute atomic E-state index is 12.9. The largest absolute Gasteiger partial charge is 0.393 e. The molecular weight excluding hydrogens is 440 g/mol. The normalized spacial score (nSPS) is 58.9. The van der Waals surface area contributed by atoms with Gasteiger partial charge >= 0.3 is 0 Å². The summed E-state index contributed by atoms with van der Waals surface area (Å²) in [6, 6.07) is 0. The van der Waals surface area contributed by atoms with Crippen molar-refractivity contribution in [3.63, 3.8) is 0 Å². The van der Waals surface area contributed by atoms with Gasteiger partial charge in [-0.25, -0.2) is 0 Å². The van der Waals surface area contributed by atoms with Crippen LogP contribution in [0.1, 0.15) is 106 Å². The summed E-state index contributed by atoms with van der Waals surface area (Å²) in [7, 11) is 0. The van der Waals surface area contributed by atoms with Crippen molar-refractivity contribution in [1.29, 1.82) is 0 Å². The lowest BCUT2D eigenvalue weighted by Crippen LogP contribution is -2.61. The molecule has 35 heavy (non-hydrogen) atoms. The van der Waals surface area contributed by atoms with E-state index in [1.807, 2.05) is 13.8 Å². The zero-order chi connectivity index (χ0) is 25.6. The molecule has 1 saturated heterocycles. The molecule has 6 fully saturated rings. The summed E-state index contributed by atoms with van der Waals surface area (Å²) < 4.78 is 6.65. The van der Waals surface area contributed by atoms with E-state index in [0.717, 1.165) is 51.4 Å². The van der Waals surface area contributed by atoms with Crippen molar-refractivity contribution in [3.05, 3.63) is 0 Å². The van der Waals surface area contributed by atoms with Crippen LogP contribution in [-0.2, 0) is 9.53 Å². The SMILES string of the molecule is CC(C)(O)[C@@H]1CC[C@](C)([C@H]2[C@@H](O)C[C@@]3(C)C4C[C@H](O)[C@H]5C(C)(C)C(=O)CCC56CC46CC[C@]23C)O1. The molecule has 1 aliphatic heterocycles. The number of rotatable bonds is 2. The molecule has 0 aromatic heterocycles. The standard InChI is InChI=1S/C30H48O5/c1-24(2)20(33)8-11-30-16-29(30)13-12-26(5)23(28(7)10-9-21(35-28)25(3,4)34)18(32)15-27(26,6)19(29)14-17(31)22(24)30/h17-19,21-23,31-32,34H,8-16H2,1-7H3/t17-,18-,19?,21-,22-,23-,26+,27-,28+,29?,30?/m0/s1. The minimum absolute atomic E-state index is 0.0126. The molecule has 6 aliphatic rings. The Morgan fingerprint density at radius 3 is 2.20 bits per heavy atom. The van der Waals surface area contributed by atoms with Crippen molar-refractivity contribution in [1.82, 2.24) is 0 Å². The van der Waals surface area contributed by atoms with Gasteiger partial charge in [-0.15, -0.1) is 0 Å². The molecule has 2 spiro atoms. The predicted octanol–water partition coefficient (Wildman–Crippen LogP) is 4.64. The number of hydrogen-bond donors (Lipinski definition) is 3.